The van der Waals surface area contributed by atoms with Crippen LogP contribution in [0, 0.1) is 10.8 Å². The lowest BCUT2D eigenvalue weighted by Crippen LogP contribution is -2.13. The normalized spacial score (nSPS) is 11.3. The van der Waals surface area contributed by atoms with Crippen molar-refractivity contribution in [1.82, 2.24) is 4.57 Å². The maximum atomic E-state index is 8.58. The fourth-order valence-electron chi connectivity index (χ4n) is 5.17. The molecule has 0 aliphatic carbocycles. The average Bonchev–Trinajstić information content (AvgIpc) is 3.57. The Bertz CT molecular complexity index is 2020. The van der Waals surface area contributed by atoms with E-state index in [2.05, 4.69) is 77.4 Å². The van der Waals surface area contributed by atoms with Crippen LogP contribution in [0.5, 0.6) is 0 Å². The predicted octanol–water partition coefficient (Wildman–Crippen LogP) is 9.03. The lowest BCUT2D eigenvalue weighted by Gasteiger charge is -2.12. The van der Waals surface area contributed by atoms with Crippen molar-refractivity contribution in [3.63, 3.8) is 0 Å². The van der Waals surface area contributed by atoms with E-state index in [0.717, 1.165) is 16.7 Å². The first-order valence-electron chi connectivity index (χ1n) is 12.7. The van der Waals surface area contributed by atoms with E-state index < -0.39 is 0 Å². The van der Waals surface area contributed by atoms with Crippen LogP contribution in [0.2, 0.25) is 0 Å². The van der Waals surface area contributed by atoms with Gasteiger partial charge < -0.3 is 9.30 Å². The Labute approximate surface area is 229 Å². The van der Waals surface area contributed by atoms with Crippen molar-refractivity contribution in [2.75, 3.05) is 0 Å². The Morgan fingerprint density at radius 2 is 1.31 bits per heavy atom. The van der Waals surface area contributed by atoms with Gasteiger partial charge in [-0.1, -0.05) is 78.9 Å². The molecule has 5 aromatic carbocycles. The van der Waals surface area contributed by atoms with Gasteiger partial charge in [-0.3, -0.25) is 10.8 Å². The van der Waals surface area contributed by atoms with E-state index >= 15 is 0 Å². The standard InChI is InChI=1S/C34H23N3OS/c35-33(23-12-5-2-6-13-23)38-34(36)25-14-9-15-26(20-25)37-28-17-8-7-16-27(28)31-29(37)19-18-24-21-30(39-32(24)31)22-10-3-1-4-11-22/h1-21,35-36H. The minimum Gasteiger partial charge on any atom is -0.421 e. The van der Waals surface area contributed by atoms with Crippen LogP contribution in [0.1, 0.15) is 11.1 Å². The second-order valence-corrected chi connectivity index (χ2v) is 10.4. The Kier molecular flexibility index (Phi) is 5.57. The van der Waals surface area contributed by atoms with Crippen LogP contribution >= 0.6 is 11.3 Å². The topological polar surface area (TPSA) is 61.9 Å². The predicted molar refractivity (Wildman–Crippen MR) is 163 cm³/mol. The fraction of sp³-hybridized carbons (Fsp3) is 0. The maximum Gasteiger partial charge on any atom is 0.221 e. The van der Waals surface area contributed by atoms with Gasteiger partial charge in [0.05, 0.1) is 11.0 Å². The molecule has 4 nitrogen and oxygen atoms in total. The molecule has 7 rings (SSSR count). The van der Waals surface area contributed by atoms with Crippen molar-refractivity contribution in [2.24, 2.45) is 0 Å². The van der Waals surface area contributed by atoms with Gasteiger partial charge in [0.1, 0.15) is 0 Å². The van der Waals surface area contributed by atoms with Crippen molar-refractivity contribution in [3.8, 4) is 16.1 Å². The van der Waals surface area contributed by atoms with Crippen LogP contribution < -0.4 is 0 Å². The van der Waals surface area contributed by atoms with Crippen LogP contribution in [-0.4, -0.2) is 16.4 Å². The molecule has 0 unspecified atom stereocenters. The molecule has 5 heteroatoms. The second kappa shape index (κ2) is 9.39. The van der Waals surface area contributed by atoms with Gasteiger partial charge in [-0.05, 0) is 59.5 Å². The van der Waals surface area contributed by atoms with Crippen LogP contribution in [0.25, 0.3) is 48.0 Å². The van der Waals surface area contributed by atoms with Crippen molar-refractivity contribution in [3.05, 3.63) is 139 Å². The Morgan fingerprint density at radius 3 is 2.13 bits per heavy atom. The SMILES string of the molecule is N=C(OC(=N)c1cccc(-n2c3ccccc3c3c4sc(-c5ccccc5)cc4ccc32)c1)c1ccccc1. The third-order valence-electron chi connectivity index (χ3n) is 6.98. The first-order chi connectivity index (χ1) is 19.2. The van der Waals surface area contributed by atoms with Crippen molar-refractivity contribution in [2.45, 2.75) is 0 Å². The molecule has 7 aromatic rings. The number of rotatable bonds is 4. The first kappa shape index (κ1) is 23.1. The molecule has 0 atom stereocenters. The van der Waals surface area contributed by atoms with Gasteiger partial charge in [0.2, 0.25) is 11.8 Å². The molecule has 2 N–H and O–H groups in total. The summed E-state index contributed by atoms with van der Waals surface area (Å²) in [7, 11) is 0. The molecule has 0 saturated heterocycles. The summed E-state index contributed by atoms with van der Waals surface area (Å²) in [4.78, 5) is 1.25. The summed E-state index contributed by atoms with van der Waals surface area (Å²) >= 11 is 1.82. The molecule has 0 fully saturated rings. The van der Waals surface area contributed by atoms with Gasteiger partial charge in [-0.2, -0.15) is 0 Å². The molecule has 186 valence electrons. The summed E-state index contributed by atoms with van der Waals surface area (Å²) in [5.41, 5.74) is 5.64. The molecule has 0 aliphatic rings. The Morgan fingerprint density at radius 1 is 0.615 bits per heavy atom. The second-order valence-electron chi connectivity index (χ2n) is 9.38. The fourth-order valence-corrected chi connectivity index (χ4v) is 6.39. The summed E-state index contributed by atoms with van der Waals surface area (Å²) < 4.78 is 9.15. The highest BCUT2D eigenvalue weighted by atomic mass is 32.1. The number of para-hydroxylation sites is 1. The molecule has 2 aromatic heterocycles. The number of ether oxygens (including phenoxy) is 1. The van der Waals surface area contributed by atoms with Crippen molar-refractivity contribution >= 4 is 55.0 Å². The minimum atomic E-state index is -0.0559. The summed E-state index contributed by atoms with van der Waals surface area (Å²) in [6.07, 6.45) is 0. The highest BCUT2D eigenvalue weighted by molar-refractivity contribution is 7.23. The van der Waals surface area contributed by atoms with Gasteiger partial charge in [0, 0.05) is 37.2 Å². The number of fused-ring (bicyclic) bond motifs is 5. The lowest BCUT2D eigenvalue weighted by atomic mass is 10.1. The molecule has 0 saturated carbocycles. The third-order valence-corrected chi connectivity index (χ3v) is 8.20. The van der Waals surface area contributed by atoms with Gasteiger partial charge in [-0.25, -0.2) is 0 Å². The number of hydrogen-bond acceptors (Lipinski definition) is 4. The highest BCUT2D eigenvalue weighted by Crippen LogP contribution is 2.42. The summed E-state index contributed by atoms with van der Waals surface area (Å²) in [6, 6.07) is 42.7. The molecule has 0 radical (unpaired) electrons. The van der Waals surface area contributed by atoms with Crippen molar-refractivity contribution in [1.29, 1.82) is 10.8 Å². The molecular weight excluding hydrogens is 498 g/mol. The number of hydrogen-bond donors (Lipinski definition) is 2. The average molecular weight is 522 g/mol. The largest absolute Gasteiger partial charge is 0.421 e. The molecule has 39 heavy (non-hydrogen) atoms. The minimum absolute atomic E-state index is 0.0443. The summed E-state index contributed by atoms with van der Waals surface area (Å²) in [5.74, 6) is -0.100. The molecule has 2 heterocycles. The van der Waals surface area contributed by atoms with E-state index in [9.17, 15) is 0 Å². The summed E-state index contributed by atoms with van der Waals surface area (Å²) in [6.45, 7) is 0. The van der Waals surface area contributed by atoms with Gasteiger partial charge in [0.25, 0.3) is 0 Å². The van der Waals surface area contributed by atoms with E-state index in [1.54, 1.807) is 12.1 Å². The van der Waals surface area contributed by atoms with E-state index in [4.69, 9.17) is 15.6 Å². The molecule has 0 amide bonds. The number of thiophene rings is 1. The van der Waals surface area contributed by atoms with E-state index in [1.165, 1.54) is 31.3 Å². The zero-order valence-electron chi connectivity index (χ0n) is 20.9. The van der Waals surface area contributed by atoms with Crippen LogP contribution in [0.4, 0.5) is 0 Å². The van der Waals surface area contributed by atoms with E-state index in [0.29, 0.717) is 11.1 Å². The van der Waals surface area contributed by atoms with E-state index in [1.807, 2.05) is 53.8 Å². The molecule has 0 bridgehead atoms. The van der Waals surface area contributed by atoms with Gasteiger partial charge >= 0.3 is 0 Å². The number of nitrogens with one attached hydrogen (secondary N) is 2. The smallest absolute Gasteiger partial charge is 0.221 e. The highest BCUT2D eigenvalue weighted by Gasteiger charge is 2.18. The van der Waals surface area contributed by atoms with Gasteiger partial charge in [-0.15, -0.1) is 11.3 Å². The first-order valence-corrected chi connectivity index (χ1v) is 13.5. The molecule has 0 spiro atoms. The number of nitrogens with zero attached hydrogens (tertiary/aromatic N) is 1. The quantitative estimate of drug-likeness (QED) is 0.176. The molecule has 0 aliphatic heterocycles. The summed E-state index contributed by atoms with van der Waals surface area (Å²) in [5, 5.41) is 20.5. The monoisotopic (exact) mass is 521 g/mol. The van der Waals surface area contributed by atoms with E-state index in [-0.39, 0.29) is 11.8 Å². The zero-order chi connectivity index (χ0) is 26.3. The number of benzene rings is 5. The van der Waals surface area contributed by atoms with Crippen LogP contribution in [0.15, 0.2) is 127 Å². The van der Waals surface area contributed by atoms with Gasteiger partial charge in [0.15, 0.2) is 0 Å². The maximum absolute atomic E-state index is 8.58. The molecular formula is C34H23N3OS. The Balaban J connectivity index is 1.35. The zero-order valence-corrected chi connectivity index (χ0v) is 21.7. The lowest BCUT2D eigenvalue weighted by molar-refractivity contribution is 0.538. The Hall–Kier alpha value is -5.00. The van der Waals surface area contributed by atoms with Crippen LogP contribution in [-0.2, 0) is 4.74 Å². The third kappa shape index (κ3) is 4.00. The van der Waals surface area contributed by atoms with Crippen molar-refractivity contribution < 1.29 is 4.74 Å². The number of aromatic nitrogens is 1. The van der Waals surface area contributed by atoms with Crippen LogP contribution in [0.3, 0.4) is 0 Å².